The monoisotopic (exact) mass is 312 g/mol. The zero-order valence-electron chi connectivity index (χ0n) is 13.7. The topological polar surface area (TPSA) is 45.4 Å². The molecule has 0 radical (unpaired) electrons. The van der Waals surface area contributed by atoms with E-state index in [0.717, 1.165) is 48.7 Å². The Labute approximate surface area is 137 Å². The predicted molar refractivity (Wildman–Crippen MR) is 88.8 cm³/mol. The molecule has 23 heavy (non-hydrogen) atoms. The van der Waals surface area contributed by atoms with Crippen molar-refractivity contribution in [3.63, 3.8) is 0 Å². The SMILES string of the molecule is C[C@H]1CCCCN1C1CN(Cc2cc(-c3cccnc3)no2)C1. The maximum absolute atomic E-state index is 5.49. The number of hydrogen-bond donors (Lipinski definition) is 0. The number of hydrogen-bond acceptors (Lipinski definition) is 5. The van der Waals surface area contributed by atoms with E-state index in [1.165, 1.54) is 25.8 Å². The number of aromatic nitrogens is 2. The summed E-state index contributed by atoms with van der Waals surface area (Å²) in [4.78, 5) is 9.27. The van der Waals surface area contributed by atoms with Crippen LogP contribution in [0.25, 0.3) is 11.3 Å². The third-order valence-corrected chi connectivity index (χ3v) is 5.16. The number of likely N-dealkylation sites (tertiary alicyclic amines) is 2. The quantitative estimate of drug-likeness (QED) is 0.868. The summed E-state index contributed by atoms with van der Waals surface area (Å²) in [5.74, 6) is 0.939. The van der Waals surface area contributed by atoms with Gasteiger partial charge in [0.15, 0.2) is 5.76 Å². The summed E-state index contributed by atoms with van der Waals surface area (Å²) < 4.78 is 5.49. The van der Waals surface area contributed by atoms with Crippen molar-refractivity contribution in [3.8, 4) is 11.3 Å². The lowest BCUT2D eigenvalue weighted by Gasteiger charge is -2.49. The van der Waals surface area contributed by atoms with E-state index in [1.807, 2.05) is 24.4 Å². The van der Waals surface area contributed by atoms with Crippen molar-refractivity contribution in [1.29, 1.82) is 0 Å². The average Bonchev–Trinajstić information content (AvgIpc) is 3.01. The molecule has 0 unspecified atom stereocenters. The third kappa shape index (κ3) is 3.16. The highest BCUT2D eigenvalue weighted by atomic mass is 16.5. The van der Waals surface area contributed by atoms with Crippen LogP contribution in [0.3, 0.4) is 0 Å². The van der Waals surface area contributed by atoms with Crippen molar-refractivity contribution in [1.82, 2.24) is 19.9 Å². The molecule has 2 aromatic rings. The highest BCUT2D eigenvalue weighted by Gasteiger charge is 2.35. The lowest BCUT2D eigenvalue weighted by molar-refractivity contribution is -0.00960. The van der Waals surface area contributed by atoms with Gasteiger partial charge in [-0.15, -0.1) is 0 Å². The largest absolute Gasteiger partial charge is 0.359 e. The van der Waals surface area contributed by atoms with Gasteiger partial charge in [-0.1, -0.05) is 11.6 Å². The van der Waals surface area contributed by atoms with E-state index >= 15 is 0 Å². The Morgan fingerprint density at radius 2 is 2.22 bits per heavy atom. The lowest BCUT2D eigenvalue weighted by atomic mass is 9.97. The summed E-state index contributed by atoms with van der Waals surface area (Å²) in [5, 5.41) is 4.17. The molecule has 4 rings (SSSR count). The normalized spacial score (nSPS) is 23.8. The fourth-order valence-corrected chi connectivity index (χ4v) is 3.80. The minimum atomic E-state index is 0.728. The molecule has 2 aromatic heterocycles. The minimum Gasteiger partial charge on any atom is -0.359 e. The van der Waals surface area contributed by atoms with Crippen LogP contribution in [0.15, 0.2) is 35.1 Å². The molecule has 0 N–H and O–H groups in total. The summed E-state index contributed by atoms with van der Waals surface area (Å²) in [6.45, 7) is 6.79. The van der Waals surface area contributed by atoms with Crippen molar-refractivity contribution < 1.29 is 4.52 Å². The molecule has 0 aromatic carbocycles. The van der Waals surface area contributed by atoms with Crippen LogP contribution in [-0.2, 0) is 6.54 Å². The highest BCUT2D eigenvalue weighted by Crippen LogP contribution is 2.26. The molecule has 4 heterocycles. The van der Waals surface area contributed by atoms with E-state index in [2.05, 4.69) is 26.9 Å². The second-order valence-corrected chi connectivity index (χ2v) is 6.85. The van der Waals surface area contributed by atoms with Gasteiger partial charge in [-0.25, -0.2) is 0 Å². The van der Waals surface area contributed by atoms with Crippen LogP contribution in [0.1, 0.15) is 31.9 Å². The van der Waals surface area contributed by atoms with Crippen LogP contribution in [0, 0.1) is 0 Å². The highest BCUT2D eigenvalue weighted by molar-refractivity contribution is 5.57. The lowest BCUT2D eigenvalue weighted by Crippen LogP contribution is -2.61. The zero-order valence-corrected chi connectivity index (χ0v) is 13.7. The molecule has 2 aliphatic heterocycles. The zero-order chi connectivity index (χ0) is 15.6. The van der Waals surface area contributed by atoms with Crippen molar-refractivity contribution in [2.45, 2.75) is 44.8 Å². The van der Waals surface area contributed by atoms with Crippen LogP contribution in [0.4, 0.5) is 0 Å². The van der Waals surface area contributed by atoms with Gasteiger partial charge in [0.05, 0.1) is 6.54 Å². The second kappa shape index (κ2) is 6.42. The van der Waals surface area contributed by atoms with E-state index in [4.69, 9.17) is 4.52 Å². The van der Waals surface area contributed by atoms with E-state index in [9.17, 15) is 0 Å². The first-order valence-electron chi connectivity index (χ1n) is 8.64. The summed E-state index contributed by atoms with van der Waals surface area (Å²) in [7, 11) is 0. The van der Waals surface area contributed by atoms with E-state index in [-0.39, 0.29) is 0 Å². The molecule has 1 atom stereocenters. The molecule has 0 bridgehead atoms. The van der Waals surface area contributed by atoms with Gasteiger partial charge in [0, 0.05) is 49.2 Å². The van der Waals surface area contributed by atoms with Crippen LogP contribution in [0.5, 0.6) is 0 Å². The van der Waals surface area contributed by atoms with Gasteiger partial charge >= 0.3 is 0 Å². The molecule has 2 aliphatic rings. The molecule has 2 saturated heterocycles. The Morgan fingerprint density at radius 3 is 3.00 bits per heavy atom. The Morgan fingerprint density at radius 1 is 1.30 bits per heavy atom. The molecule has 2 fully saturated rings. The predicted octanol–water partition coefficient (Wildman–Crippen LogP) is 2.80. The number of pyridine rings is 1. The number of piperidine rings is 1. The van der Waals surface area contributed by atoms with Gasteiger partial charge in [-0.05, 0) is 38.4 Å². The van der Waals surface area contributed by atoms with Gasteiger partial charge in [-0.2, -0.15) is 0 Å². The average molecular weight is 312 g/mol. The third-order valence-electron chi connectivity index (χ3n) is 5.16. The molecule has 0 amide bonds. The molecular formula is C18H24N4O. The Hall–Kier alpha value is -1.72. The van der Waals surface area contributed by atoms with E-state index < -0.39 is 0 Å². The van der Waals surface area contributed by atoms with Gasteiger partial charge in [0.2, 0.25) is 0 Å². The summed E-state index contributed by atoms with van der Waals surface area (Å²) in [6, 6.07) is 7.44. The molecule has 0 aliphatic carbocycles. The van der Waals surface area contributed by atoms with Crippen LogP contribution in [0.2, 0.25) is 0 Å². The molecule has 122 valence electrons. The van der Waals surface area contributed by atoms with Crippen molar-refractivity contribution in [2.24, 2.45) is 0 Å². The van der Waals surface area contributed by atoms with Crippen molar-refractivity contribution in [3.05, 3.63) is 36.4 Å². The molecule has 0 saturated carbocycles. The van der Waals surface area contributed by atoms with Gasteiger partial charge in [-0.3, -0.25) is 14.8 Å². The van der Waals surface area contributed by atoms with Crippen LogP contribution < -0.4 is 0 Å². The Balaban J connectivity index is 1.32. The number of nitrogens with zero attached hydrogens (tertiary/aromatic N) is 4. The van der Waals surface area contributed by atoms with Crippen LogP contribution in [-0.4, -0.2) is 51.7 Å². The maximum atomic E-state index is 5.49. The first-order valence-corrected chi connectivity index (χ1v) is 8.64. The fourth-order valence-electron chi connectivity index (χ4n) is 3.80. The van der Waals surface area contributed by atoms with Gasteiger partial charge in [0.25, 0.3) is 0 Å². The molecule has 5 nitrogen and oxygen atoms in total. The van der Waals surface area contributed by atoms with Crippen molar-refractivity contribution >= 4 is 0 Å². The smallest absolute Gasteiger partial charge is 0.151 e. The molecule has 5 heteroatoms. The Bertz CT molecular complexity index is 635. The van der Waals surface area contributed by atoms with Crippen molar-refractivity contribution in [2.75, 3.05) is 19.6 Å². The summed E-state index contributed by atoms with van der Waals surface area (Å²) in [6.07, 6.45) is 7.69. The molecular weight excluding hydrogens is 288 g/mol. The fraction of sp³-hybridized carbons (Fsp3) is 0.556. The first kappa shape index (κ1) is 14.8. The Kier molecular flexibility index (Phi) is 4.14. The van der Waals surface area contributed by atoms with E-state index in [0.29, 0.717) is 0 Å². The first-order chi connectivity index (χ1) is 11.3. The van der Waals surface area contributed by atoms with Gasteiger partial charge in [0.1, 0.15) is 5.69 Å². The minimum absolute atomic E-state index is 0.728. The standard InChI is InChI=1S/C18H24N4O/c1-14-5-2-3-8-22(14)16-11-21(12-16)13-17-9-18(20-23-17)15-6-4-7-19-10-15/h4,6-7,9-10,14,16H,2-3,5,8,11-13H2,1H3/t14-/m0/s1. The molecule has 0 spiro atoms. The number of rotatable bonds is 4. The van der Waals surface area contributed by atoms with Crippen LogP contribution >= 0.6 is 0 Å². The maximum Gasteiger partial charge on any atom is 0.151 e. The van der Waals surface area contributed by atoms with Gasteiger partial charge < -0.3 is 4.52 Å². The summed E-state index contributed by atoms with van der Waals surface area (Å²) in [5.41, 5.74) is 1.88. The second-order valence-electron chi connectivity index (χ2n) is 6.85. The van der Waals surface area contributed by atoms with E-state index in [1.54, 1.807) is 6.20 Å². The summed E-state index contributed by atoms with van der Waals surface area (Å²) >= 11 is 0.